The minimum absolute atomic E-state index is 0.00246. The fraction of sp³-hybridized carbons (Fsp3) is 0.586. The highest BCUT2D eigenvalue weighted by atomic mass is 16.7. The molecule has 2 aliphatic heterocycles. The van der Waals surface area contributed by atoms with Crippen molar-refractivity contribution in [3.05, 3.63) is 48.7 Å². The lowest BCUT2D eigenvalue weighted by atomic mass is 9.43. The van der Waals surface area contributed by atoms with Crippen LogP contribution in [0.4, 0.5) is 4.79 Å². The van der Waals surface area contributed by atoms with Gasteiger partial charge in [0, 0.05) is 11.9 Å². The van der Waals surface area contributed by atoms with Gasteiger partial charge in [0.15, 0.2) is 0 Å². The molecule has 2 bridgehead atoms. The van der Waals surface area contributed by atoms with E-state index in [1.54, 1.807) is 11.2 Å². The maximum atomic E-state index is 13.1. The molecule has 0 radical (unpaired) electrons. The lowest BCUT2D eigenvalue weighted by Crippen LogP contribution is -2.65. The van der Waals surface area contributed by atoms with E-state index < -0.39 is 19.2 Å². The number of likely N-dealkylation sites (tertiary alicyclic amines) is 1. The summed E-state index contributed by atoms with van der Waals surface area (Å²) < 4.78 is 24.7. The number of rotatable bonds is 7. The summed E-state index contributed by atoms with van der Waals surface area (Å²) in [5.41, 5.74) is 1.61. The summed E-state index contributed by atoms with van der Waals surface area (Å²) >= 11 is 0. The molecule has 5 fully saturated rings. The third kappa shape index (κ3) is 4.15. The van der Waals surface area contributed by atoms with Crippen molar-refractivity contribution >= 4 is 30.1 Å². The Labute approximate surface area is 224 Å². The van der Waals surface area contributed by atoms with Crippen molar-refractivity contribution in [3.8, 4) is 0 Å². The zero-order valence-electron chi connectivity index (χ0n) is 22.5. The number of amides is 2. The monoisotopic (exact) mass is 520 g/mol. The first-order chi connectivity index (χ1) is 18.2. The molecule has 2 aromatic rings. The van der Waals surface area contributed by atoms with Crippen LogP contribution in [0.5, 0.6) is 0 Å². The van der Waals surface area contributed by atoms with Gasteiger partial charge in [0.05, 0.1) is 30.0 Å². The van der Waals surface area contributed by atoms with Gasteiger partial charge in [0.25, 0.3) is 0 Å². The molecule has 202 valence electrons. The number of hydrogen-bond donors (Lipinski definition) is 1. The number of nitrogens with one attached hydrogen (secondary N) is 1. The molecule has 2 saturated heterocycles. The lowest BCUT2D eigenvalue weighted by Gasteiger charge is -2.64. The molecule has 1 aromatic carbocycles. The Morgan fingerprint density at radius 2 is 2.11 bits per heavy atom. The van der Waals surface area contributed by atoms with E-state index in [0.717, 1.165) is 42.2 Å². The van der Waals surface area contributed by atoms with Gasteiger partial charge in [-0.05, 0) is 74.0 Å². The molecule has 0 spiro atoms. The molecule has 1 aromatic heterocycles. The average Bonchev–Trinajstić information content (AvgIpc) is 3.62. The number of alkyl carbamates (subject to hydrolysis) is 1. The van der Waals surface area contributed by atoms with Crippen LogP contribution in [0.1, 0.15) is 52.0 Å². The van der Waals surface area contributed by atoms with Crippen LogP contribution >= 0.6 is 0 Å². The summed E-state index contributed by atoms with van der Waals surface area (Å²) in [6.45, 7) is 11.2. The topological polar surface area (TPSA) is 90.2 Å². The molecule has 38 heavy (non-hydrogen) atoms. The molecule has 5 aliphatic rings. The van der Waals surface area contributed by atoms with Crippen molar-refractivity contribution < 1.29 is 28.1 Å². The Morgan fingerprint density at radius 3 is 2.89 bits per heavy atom. The number of ether oxygens (including phenoxy) is 1. The second-order valence-electron chi connectivity index (χ2n) is 12.2. The Kier molecular flexibility index (Phi) is 6.34. The SMILES string of the molecule is C=CC(=O)N1CCC[C@@H]1COC(=O)NC(Cc1coc2ccccc12)B1O[C@@H]2C[C@@H]3C[C@@H](C3(C)C)[C@]2(C)O1. The highest BCUT2D eigenvalue weighted by molar-refractivity contribution is 6.48. The van der Waals surface area contributed by atoms with Gasteiger partial charge >= 0.3 is 13.2 Å². The predicted octanol–water partition coefficient (Wildman–Crippen LogP) is 4.51. The number of hydrogen-bond acceptors (Lipinski definition) is 6. The zero-order chi connectivity index (χ0) is 26.7. The van der Waals surface area contributed by atoms with E-state index >= 15 is 0 Å². The van der Waals surface area contributed by atoms with E-state index in [9.17, 15) is 9.59 Å². The summed E-state index contributed by atoms with van der Waals surface area (Å²) in [6.07, 6.45) is 6.79. The van der Waals surface area contributed by atoms with Crippen molar-refractivity contribution in [1.29, 1.82) is 0 Å². The molecular weight excluding hydrogens is 483 g/mol. The second-order valence-corrected chi connectivity index (χ2v) is 12.2. The van der Waals surface area contributed by atoms with Gasteiger partial charge in [-0.25, -0.2) is 4.79 Å². The predicted molar refractivity (Wildman–Crippen MR) is 143 cm³/mol. The van der Waals surface area contributed by atoms with Crippen molar-refractivity contribution in [1.82, 2.24) is 10.2 Å². The normalized spacial score (nSPS) is 32.0. The molecule has 8 nitrogen and oxygen atoms in total. The molecule has 9 heteroatoms. The molecule has 3 saturated carbocycles. The summed E-state index contributed by atoms with van der Waals surface area (Å²) in [6, 6.07) is 7.72. The van der Waals surface area contributed by atoms with Gasteiger partial charge in [0.2, 0.25) is 5.91 Å². The van der Waals surface area contributed by atoms with Gasteiger partial charge in [-0.3, -0.25) is 4.79 Å². The molecular formula is C29H37BN2O6. The lowest BCUT2D eigenvalue weighted by molar-refractivity contribution is -0.199. The summed E-state index contributed by atoms with van der Waals surface area (Å²) in [4.78, 5) is 26.9. The Morgan fingerprint density at radius 1 is 1.29 bits per heavy atom. The smallest absolute Gasteiger partial charge is 0.464 e. The van der Waals surface area contributed by atoms with Crippen molar-refractivity contribution in [3.63, 3.8) is 0 Å². The third-order valence-electron chi connectivity index (χ3n) is 9.84. The maximum absolute atomic E-state index is 13.1. The molecule has 7 rings (SSSR count). The number of nitrogens with zero attached hydrogens (tertiary/aromatic N) is 1. The Bertz CT molecular complexity index is 1240. The first-order valence-electron chi connectivity index (χ1n) is 13.9. The quantitative estimate of drug-likeness (QED) is 0.427. The summed E-state index contributed by atoms with van der Waals surface area (Å²) in [7, 11) is -0.605. The highest BCUT2D eigenvalue weighted by Gasteiger charge is 2.68. The van der Waals surface area contributed by atoms with E-state index in [-0.39, 0.29) is 35.7 Å². The highest BCUT2D eigenvalue weighted by Crippen LogP contribution is 2.65. The number of fused-ring (bicyclic) bond motifs is 1. The fourth-order valence-corrected chi connectivity index (χ4v) is 7.50. The fourth-order valence-electron chi connectivity index (χ4n) is 7.50. The van der Waals surface area contributed by atoms with Crippen molar-refractivity contribution in [2.75, 3.05) is 13.2 Å². The standard InChI is InChI=1S/C29H37BN2O6/c1-5-26(33)32-12-8-9-20(32)17-36-27(34)31-25(13-18-16-35-22-11-7-6-10-21(18)22)30-37-24-15-19-14-23(28(19,2)3)29(24,4)38-30/h5-7,10-11,16,19-20,23-25H,1,8-9,12-15,17H2,2-4H3,(H,31,34)/t19-,20+,23-,24+,25?,29-/m0/s1. The van der Waals surface area contributed by atoms with Crippen LogP contribution in [-0.4, -0.2) is 60.9 Å². The molecule has 3 heterocycles. The van der Waals surface area contributed by atoms with Crippen molar-refractivity contribution in [2.24, 2.45) is 17.3 Å². The number of para-hydroxylation sites is 1. The third-order valence-corrected chi connectivity index (χ3v) is 9.84. The summed E-state index contributed by atoms with van der Waals surface area (Å²) in [5.74, 6) is 0.448. The summed E-state index contributed by atoms with van der Waals surface area (Å²) in [5, 5.41) is 4.05. The molecule has 1 unspecified atom stereocenters. The van der Waals surface area contributed by atoms with E-state index in [1.165, 1.54) is 6.08 Å². The maximum Gasteiger partial charge on any atom is 0.482 e. The van der Waals surface area contributed by atoms with Gasteiger partial charge in [-0.2, -0.15) is 0 Å². The van der Waals surface area contributed by atoms with Crippen LogP contribution in [-0.2, 0) is 25.3 Å². The van der Waals surface area contributed by atoms with E-state index in [1.807, 2.05) is 24.3 Å². The van der Waals surface area contributed by atoms with Gasteiger partial charge in [0.1, 0.15) is 12.2 Å². The van der Waals surface area contributed by atoms with Crippen molar-refractivity contribution in [2.45, 2.75) is 76.6 Å². The molecule has 3 aliphatic carbocycles. The van der Waals surface area contributed by atoms with E-state index in [2.05, 4.69) is 32.7 Å². The van der Waals surface area contributed by atoms with Gasteiger partial charge in [-0.1, -0.05) is 38.6 Å². The first kappa shape index (κ1) is 25.5. The van der Waals surface area contributed by atoms with Gasteiger partial charge < -0.3 is 28.7 Å². The Balaban J connectivity index is 1.19. The minimum Gasteiger partial charge on any atom is -0.464 e. The molecule has 1 N–H and O–H groups in total. The van der Waals surface area contributed by atoms with Crippen LogP contribution in [0.2, 0.25) is 0 Å². The van der Waals surface area contributed by atoms with E-state index in [0.29, 0.717) is 24.8 Å². The molecule has 6 atom stereocenters. The van der Waals surface area contributed by atoms with Crippen LogP contribution in [0.25, 0.3) is 11.0 Å². The minimum atomic E-state index is -0.605. The van der Waals surface area contributed by atoms with Crippen LogP contribution < -0.4 is 5.32 Å². The van der Waals surface area contributed by atoms with Crippen LogP contribution in [0.15, 0.2) is 47.6 Å². The number of furan rings is 1. The second kappa shape index (κ2) is 9.45. The van der Waals surface area contributed by atoms with Gasteiger partial charge in [-0.15, -0.1) is 0 Å². The zero-order valence-corrected chi connectivity index (χ0v) is 22.5. The molecule has 2 amide bonds. The average molecular weight is 520 g/mol. The number of carbonyl (C=O) groups excluding carboxylic acids is 2. The largest absolute Gasteiger partial charge is 0.482 e. The number of carbonyl (C=O) groups is 2. The number of benzene rings is 1. The van der Waals surface area contributed by atoms with E-state index in [4.69, 9.17) is 18.5 Å². The Hall–Kier alpha value is -2.78. The first-order valence-corrected chi connectivity index (χ1v) is 13.9. The van der Waals surface area contributed by atoms with Crippen LogP contribution in [0, 0.1) is 17.3 Å². The van der Waals surface area contributed by atoms with Crippen LogP contribution in [0.3, 0.4) is 0 Å².